The van der Waals surface area contributed by atoms with Gasteiger partial charge < -0.3 is 9.15 Å². The molecule has 4 nitrogen and oxygen atoms in total. The third-order valence-electron chi connectivity index (χ3n) is 2.68. The molecule has 0 bridgehead atoms. The number of ether oxygens (including phenoxy) is 1. The van der Waals surface area contributed by atoms with E-state index in [0.29, 0.717) is 0 Å². The highest BCUT2D eigenvalue weighted by atomic mass is 16.5. The Morgan fingerprint density at radius 3 is 2.71 bits per heavy atom. The van der Waals surface area contributed by atoms with Gasteiger partial charge in [0.1, 0.15) is 11.5 Å². The van der Waals surface area contributed by atoms with Gasteiger partial charge in [0.25, 0.3) is 0 Å². The Balaban J connectivity index is 2.34. The van der Waals surface area contributed by atoms with Crippen molar-refractivity contribution >= 4 is 0 Å². The number of nitrogens with one attached hydrogen (secondary N) is 1. The van der Waals surface area contributed by atoms with Crippen LogP contribution in [-0.4, -0.2) is 7.11 Å². The number of nitrogens with two attached hydrogens (primary N) is 1. The van der Waals surface area contributed by atoms with E-state index in [-0.39, 0.29) is 6.04 Å². The number of hydrazine groups is 1. The molecule has 0 fully saturated rings. The van der Waals surface area contributed by atoms with Gasteiger partial charge in [-0.3, -0.25) is 5.84 Å². The number of hydrogen-bond donors (Lipinski definition) is 2. The molecule has 0 radical (unpaired) electrons. The number of hydrogen-bond acceptors (Lipinski definition) is 4. The van der Waals surface area contributed by atoms with Crippen LogP contribution < -0.4 is 16.0 Å². The normalized spacial score (nSPS) is 12.4. The van der Waals surface area contributed by atoms with Crippen LogP contribution in [0.15, 0.2) is 41.0 Å². The maximum atomic E-state index is 5.61. The van der Waals surface area contributed by atoms with Crippen molar-refractivity contribution in [2.75, 3.05) is 7.11 Å². The second-order valence-corrected chi connectivity index (χ2v) is 3.87. The molecule has 1 heterocycles. The van der Waals surface area contributed by atoms with Gasteiger partial charge >= 0.3 is 0 Å². The van der Waals surface area contributed by atoms with Crippen LogP contribution in [0.4, 0.5) is 0 Å². The summed E-state index contributed by atoms with van der Waals surface area (Å²) in [5.74, 6) is 7.28. The molecule has 1 unspecified atom stereocenters. The summed E-state index contributed by atoms with van der Waals surface area (Å²) in [4.78, 5) is 0. The molecule has 1 aromatic heterocycles. The zero-order valence-electron chi connectivity index (χ0n) is 9.94. The van der Waals surface area contributed by atoms with E-state index in [0.717, 1.165) is 22.6 Å². The summed E-state index contributed by atoms with van der Waals surface area (Å²) >= 11 is 0. The number of furan rings is 1. The SMILES string of the molecule is COc1cccc(C(NN)c2coc(C)c2)c1. The predicted molar refractivity (Wildman–Crippen MR) is 65.6 cm³/mol. The summed E-state index contributed by atoms with van der Waals surface area (Å²) in [5.41, 5.74) is 4.82. The molecule has 17 heavy (non-hydrogen) atoms. The third kappa shape index (κ3) is 2.49. The lowest BCUT2D eigenvalue weighted by Gasteiger charge is -2.15. The van der Waals surface area contributed by atoms with E-state index >= 15 is 0 Å². The Morgan fingerprint density at radius 2 is 2.12 bits per heavy atom. The zero-order chi connectivity index (χ0) is 12.3. The smallest absolute Gasteiger partial charge is 0.119 e. The highest BCUT2D eigenvalue weighted by Crippen LogP contribution is 2.25. The Bertz CT molecular complexity index is 494. The van der Waals surface area contributed by atoms with E-state index in [9.17, 15) is 0 Å². The van der Waals surface area contributed by atoms with Crippen molar-refractivity contribution in [3.63, 3.8) is 0 Å². The second-order valence-electron chi connectivity index (χ2n) is 3.87. The Kier molecular flexibility index (Phi) is 3.46. The Morgan fingerprint density at radius 1 is 1.29 bits per heavy atom. The zero-order valence-corrected chi connectivity index (χ0v) is 9.94. The minimum atomic E-state index is -0.0949. The van der Waals surface area contributed by atoms with Gasteiger partial charge in [0, 0.05) is 5.56 Å². The van der Waals surface area contributed by atoms with Crippen LogP contribution in [0.3, 0.4) is 0 Å². The molecule has 0 saturated heterocycles. The van der Waals surface area contributed by atoms with Gasteiger partial charge in [-0.2, -0.15) is 0 Å². The van der Waals surface area contributed by atoms with Gasteiger partial charge in [-0.25, -0.2) is 5.43 Å². The van der Waals surface area contributed by atoms with Crippen LogP contribution in [0.2, 0.25) is 0 Å². The van der Waals surface area contributed by atoms with Crippen molar-refractivity contribution in [3.05, 3.63) is 53.5 Å². The lowest BCUT2D eigenvalue weighted by molar-refractivity contribution is 0.413. The molecule has 1 aromatic carbocycles. The molecule has 0 spiro atoms. The van der Waals surface area contributed by atoms with Crippen molar-refractivity contribution in [1.82, 2.24) is 5.43 Å². The van der Waals surface area contributed by atoms with Crippen molar-refractivity contribution < 1.29 is 9.15 Å². The topological polar surface area (TPSA) is 60.4 Å². The van der Waals surface area contributed by atoms with E-state index in [1.54, 1.807) is 13.4 Å². The molecule has 0 saturated carbocycles. The van der Waals surface area contributed by atoms with E-state index in [1.165, 1.54) is 0 Å². The summed E-state index contributed by atoms with van der Waals surface area (Å²) in [7, 11) is 1.64. The fraction of sp³-hybridized carbons (Fsp3) is 0.231. The van der Waals surface area contributed by atoms with Crippen molar-refractivity contribution in [1.29, 1.82) is 0 Å². The van der Waals surface area contributed by atoms with Crippen LogP contribution >= 0.6 is 0 Å². The fourth-order valence-corrected chi connectivity index (χ4v) is 1.82. The van der Waals surface area contributed by atoms with Gasteiger partial charge in [-0.15, -0.1) is 0 Å². The van der Waals surface area contributed by atoms with Gasteiger partial charge in [0.15, 0.2) is 0 Å². The summed E-state index contributed by atoms with van der Waals surface area (Å²) < 4.78 is 10.5. The Labute approximate surface area is 100 Å². The molecule has 0 aliphatic heterocycles. The summed E-state index contributed by atoms with van der Waals surface area (Å²) in [6, 6.07) is 9.65. The molecular formula is C13H16N2O2. The van der Waals surface area contributed by atoms with Gasteiger partial charge in [0.05, 0.1) is 19.4 Å². The van der Waals surface area contributed by atoms with E-state index in [1.807, 2.05) is 37.3 Å². The monoisotopic (exact) mass is 232 g/mol. The van der Waals surface area contributed by atoms with Crippen molar-refractivity contribution in [3.8, 4) is 5.75 Å². The summed E-state index contributed by atoms with van der Waals surface area (Å²) in [5, 5.41) is 0. The first kappa shape index (κ1) is 11.7. The molecule has 0 amide bonds. The average Bonchev–Trinajstić information content (AvgIpc) is 2.77. The maximum absolute atomic E-state index is 5.61. The maximum Gasteiger partial charge on any atom is 0.119 e. The largest absolute Gasteiger partial charge is 0.497 e. The Hall–Kier alpha value is -1.78. The van der Waals surface area contributed by atoms with Crippen LogP contribution in [-0.2, 0) is 0 Å². The molecule has 1 atom stereocenters. The van der Waals surface area contributed by atoms with Crippen LogP contribution in [0.1, 0.15) is 22.9 Å². The number of methoxy groups -OCH3 is 1. The molecular weight excluding hydrogens is 216 g/mol. The standard InChI is InChI=1S/C13H16N2O2/c1-9-6-11(8-17-9)13(15-14)10-4-3-5-12(7-10)16-2/h3-8,13,15H,14H2,1-2H3. The molecule has 2 rings (SSSR count). The molecule has 2 aromatic rings. The molecule has 4 heteroatoms. The minimum Gasteiger partial charge on any atom is -0.497 e. The van der Waals surface area contributed by atoms with Gasteiger partial charge in [0.2, 0.25) is 0 Å². The molecule has 0 aliphatic rings. The van der Waals surface area contributed by atoms with Crippen molar-refractivity contribution in [2.45, 2.75) is 13.0 Å². The number of rotatable bonds is 4. The van der Waals surface area contributed by atoms with Gasteiger partial charge in [-0.1, -0.05) is 12.1 Å². The van der Waals surface area contributed by atoms with Gasteiger partial charge in [-0.05, 0) is 30.7 Å². The minimum absolute atomic E-state index is 0.0949. The molecule has 3 N–H and O–H groups in total. The third-order valence-corrected chi connectivity index (χ3v) is 2.68. The summed E-state index contributed by atoms with van der Waals surface area (Å²) in [6.45, 7) is 1.91. The first-order chi connectivity index (χ1) is 8.24. The predicted octanol–water partition coefficient (Wildman–Crippen LogP) is 2.15. The molecule has 90 valence electrons. The first-order valence-corrected chi connectivity index (χ1v) is 5.39. The average molecular weight is 232 g/mol. The van der Waals surface area contributed by atoms with Crippen molar-refractivity contribution in [2.24, 2.45) is 5.84 Å². The lowest BCUT2D eigenvalue weighted by atomic mass is 10.0. The fourth-order valence-electron chi connectivity index (χ4n) is 1.82. The highest BCUT2D eigenvalue weighted by Gasteiger charge is 2.14. The highest BCUT2D eigenvalue weighted by molar-refractivity contribution is 5.36. The number of benzene rings is 1. The second kappa shape index (κ2) is 5.03. The van der Waals surface area contributed by atoms with Crippen LogP contribution in [0.5, 0.6) is 5.75 Å². The molecule has 0 aliphatic carbocycles. The van der Waals surface area contributed by atoms with E-state index < -0.39 is 0 Å². The van der Waals surface area contributed by atoms with Crippen LogP contribution in [0, 0.1) is 6.92 Å². The summed E-state index contributed by atoms with van der Waals surface area (Å²) in [6.07, 6.45) is 1.71. The first-order valence-electron chi connectivity index (χ1n) is 5.39. The quantitative estimate of drug-likeness (QED) is 0.626. The lowest BCUT2D eigenvalue weighted by Crippen LogP contribution is -2.28. The number of aryl methyl sites for hydroxylation is 1. The van der Waals surface area contributed by atoms with E-state index in [2.05, 4.69) is 5.43 Å². The van der Waals surface area contributed by atoms with Crippen LogP contribution in [0.25, 0.3) is 0 Å². The van der Waals surface area contributed by atoms with E-state index in [4.69, 9.17) is 15.0 Å².